The van der Waals surface area contributed by atoms with E-state index in [9.17, 15) is 4.39 Å². The number of hydrogen-bond acceptors (Lipinski definition) is 2. The Kier molecular flexibility index (Phi) is 3.30. The Morgan fingerprint density at radius 1 is 1.54 bits per heavy atom. The van der Waals surface area contributed by atoms with Crippen LogP contribution >= 0.6 is 0 Å². The average molecular weight is 180 g/mol. The molecule has 0 atom stereocenters. The van der Waals surface area contributed by atoms with Gasteiger partial charge in [0.25, 0.3) is 0 Å². The number of hydrogen-bond donors (Lipinski definition) is 1. The summed E-state index contributed by atoms with van der Waals surface area (Å²) in [6, 6.07) is 4.34. The van der Waals surface area contributed by atoms with E-state index in [1.807, 2.05) is 0 Å². The van der Waals surface area contributed by atoms with Gasteiger partial charge < -0.3 is 9.84 Å². The molecule has 0 aromatic heterocycles. The molecular formula is C10H9FO2. The van der Waals surface area contributed by atoms with Gasteiger partial charge in [-0.1, -0.05) is 18.1 Å². The molecule has 3 heteroatoms. The van der Waals surface area contributed by atoms with E-state index in [-0.39, 0.29) is 19.0 Å². The van der Waals surface area contributed by atoms with Crippen LogP contribution in [0.3, 0.4) is 0 Å². The predicted octanol–water partition coefficient (Wildman–Crippen LogP) is 1.33. The van der Waals surface area contributed by atoms with Crippen molar-refractivity contribution >= 4 is 0 Å². The third kappa shape index (κ3) is 2.20. The summed E-state index contributed by atoms with van der Waals surface area (Å²) in [7, 11) is 0. The third-order valence-corrected chi connectivity index (χ3v) is 1.52. The molecule has 2 nitrogen and oxygen atoms in total. The summed E-state index contributed by atoms with van der Waals surface area (Å²) in [4.78, 5) is 0. The standard InChI is InChI=1S/C10H9FO2/c1-2-6-13-10-8(7-12)4-3-5-9(10)11/h1,3-5,12H,6-7H2. The largest absolute Gasteiger partial charge is 0.477 e. The molecule has 0 amide bonds. The van der Waals surface area contributed by atoms with E-state index in [2.05, 4.69) is 5.92 Å². The number of aliphatic hydroxyl groups is 1. The molecule has 0 saturated heterocycles. The van der Waals surface area contributed by atoms with E-state index in [1.54, 1.807) is 6.07 Å². The van der Waals surface area contributed by atoms with Crippen LogP contribution in [0.2, 0.25) is 0 Å². The normalized spacial score (nSPS) is 9.31. The van der Waals surface area contributed by atoms with E-state index in [0.29, 0.717) is 5.56 Å². The fourth-order valence-electron chi connectivity index (χ4n) is 0.953. The highest BCUT2D eigenvalue weighted by Gasteiger charge is 2.07. The van der Waals surface area contributed by atoms with Crippen LogP contribution in [0, 0.1) is 18.2 Å². The number of ether oxygens (including phenoxy) is 1. The van der Waals surface area contributed by atoms with Gasteiger partial charge in [0.05, 0.1) is 6.61 Å². The molecule has 0 bridgehead atoms. The number of rotatable bonds is 3. The summed E-state index contributed by atoms with van der Waals surface area (Å²) in [6.07, 6.45) is 4.96. The molecule has 1 rings (SSSR count). The lowest BCUT2D eigenvalue weighted by Crippen LogP contribution is -2.00. The molecule has 0 saturated carbocycles. The van der Waals surface area contributed by atoms with Crippen molar-refractivity contribution in [2.24, 2.45) is 0 Å². The van der Waals surface area contributed by atoms with Gasteiger partial charge in [-0.05, 0) is 6.07 Å². The van der Waals surface area contributed by atoms with Crippen LogP contribution in [-0.2, 0) is 6.61 Å². The van der Waals surface area contributed by atoms with E-state index in [1.165, 1.54) is 12.1 Å². The van der Waals surface area contributed by atoms with Crippen LogP contribution in [0.15, 0.2) is 18.2 Å². The second-order valence-corrected chi connectivity index (χ2v) is 2.38. The molecular weight excluding hydrogens is 171 g/mol. The zero-order chi connectivity index (χ0) is 9.68. The van der Waals surface area contributed by atoms with Crippen molar-refractivity contribution < 1.29 is 14.2 Å². The van der Waals surface area contributed by atoms with Crippen molar-refractivity contribution in [3.63, 3.8) is 0 Å². The number of aliphatic hydroxyl groups excluding tert-OH is 1. The lowest BCUT2D eigenvalue weighted by atomic mass is 10.2. The maximum Gasteiger partial charge on any atom is 0.165 e. The van der Waals surface area contributed by atoms with Crippen molar-refractivity contribution in [3.8, 4) is 18.1 Å². The third-order valence-electron chi connectivity index (χ3n) is 1.52. The Morgan fingerprint density at radius 2 is 2.31 bits per heavy atom. The second kappa shape index (κ2) is 4.48. The highest BCUT2D eigenvalue weighted by Crippen LogP contribution is 2.22. The first kappa shape index (κ1) is 9.56. The van der Waals surface area contributed by atoms with Crippen molar-refractivity contribution in [1.29, 1.82) is 0 Å². The molecule has 0 unspecified atom stereocenters. The van der Waals surface area contributed by atoms with Crippen LogP contribution in [0.4, 0.5) is 4.39 Å². The number of terminal acetylenes is 1. The van der Waals surface area contributed by atoms with Gasteiger partial charge in [0.1, 0.15) is 6.61 Å². The first-order valence-electron chi connectivity index (χ1n) is 3.74. The van der Waals surface area contributed by atoms with Crippen LogP contribution in [0.1, 0.15) is 5.56 Å². The molecule has 13 heavy (non-hydrogen) atoms. The first-order valence-corrected chi connectivity index (χ1v) is 3.74. The highest BCUT2D eigenvalue weighted by atomic mass is 19.1. The van der Waals surface area contributed by atoms with Crippen LogP contribution in [0.25, 0.3) is 0 Å². The fourth-order valence-corrected chi connectivity index (χ4v) is 0.953. The molecule has 0 aliphatic rings. The summed E-state index contributed by atoms with van der Waals surface area (Å²) < 4.78 is 18.0. The second-order valence-electron chi connectivity index (χ2n) is 2.38. The zero-order valence-corrected chi connectivity index (χ0v) is 6.96. The van der Waals surface area contributed by atoms with Crippen molar-refractivity contribution in [2.75, 3.05) is 6.61 Å². The van der Waals surface area contributed by atoms with Gasteiger partial charge in [-0.3, -0.25) is 0 Å². The lowest BCUT2D eigenvalue weighted by Gasteiger charge is -2.07. The van der Waals surface area contributed by atoms with Gasteiger partial charge in [0.15, 0.2) is 11.6 Å². The van der Waals surface area contributed by atoms with Crippen LogP contribution in [-0.4, -0.2) is 11.7 Å². The first-order chi connectivity index (χ1) is 6.29. The van der Waals surface area contributed by atoms with Crippen LogP contribution < -0.4 is 4.74 Å². The molecule has 0 aliphatic heterocycles. The fraction of sp³-hybridized carbons (Fsp3) is 0.200. The molecule has 0 spiro atoms. The van der Waals surface area contributed by atoms with Gasteiger partial charge in [-0.2, -0.15) is 0 Å². The molecule has 1 aromatic carbocycles. The number of halogens is 1. The summed E-state index contributed by atoms with van der Waals surface area (Å²) in [5.41, 5.74) is 0.398. The minimum absolute atomic E-state index is 0.00602. The van der Waals surface area contributed by atoms with E-state index < -0.39 is 5.82 Å². The topological polar surface area (TPSA) is 29.5 Å². The quantitative estimate of drug-likeness (QED) is 0.711. The summed E-state index contributed by atoms with van der Waals surface area (Å²) in [6.45, 7) is -0.272. The highest BCUT2D eigenvalue weighted by molar-refractivity contribution is 5.34. The summed E-state index contributed by atoms with van der Waals surface area (Å²) in [5.74, 6) is 1.74. The van der Waals surface area contributed by atoms with Gasteiger partial charge in [-0.25, -0.2) is 4.39 Å². The Bertz CT molecular complexity index is 328. The van der Waals surface area contributed by atoms with E-state index in [0.717, 1.165) is 0 Å². The summed E-state index contributed by atoms with van der Waals surface area (Å²) in [5, 5.41) is 8.84. The van der Waals surface area contributed by atoms with Crippen molar-refractivity contribution in [3.05, 3.63) is 29.6 Å². The molecule has 0 heterocycles. The number of para-hydroxylation sites is 1. The van der Waals surface area contributed by atoms with Crippen LogP contribution in [0.5, 0.6) is 5.75 Å². The van der Waals surface area contributed by atoms with E-state index in [4.69, 9.17) is 16.3 Å². The predicted molar refractivity (Wildman–Crippen MR) is 46.7 cm³/mol. The van der Waals surface area contributed by atoms with Gasteiger partial charge in [-0.15, -0.1) is 6.42 Å². The number of benzene rings is 1. The SMILES string of the molecule is C#CCOc1c(F)cccc1CO. The average Bonchev–Trinajstić information content (AvgIpc) is 2.15. The minimum atomic E-state index is -0.512. The summed E-state index contributed by atoms with van der Waals surface area (Å²) >= 11 is 0. The molecule has 0 aliphatic carbocycles. The lowest BCUT2D eigenvalue weighted by molar-refractivity contribution is 0.266. The monoisotopic (exact) mass is 180 g/mol. The maximum atomic E-state index is 13.1. The molecule has 0 fully saturated rings. The minimum Gasteiger partial charge on any atom is -0.477 e. The van der Waals surface area contributed by atoms with E-state index >= 15 is 0 Å². The van der Waals surface area contributed by atoms with Crippen molar-refractivity contribution in [2.45, 2.75) is 6.61 Å². The smallest absolute Gasteiger partial charge is 0.165 e. The molecule has 1 aromatic rings. The Labute approximate surface area is 76.0 Å². The van der Waals surface area contributed by atoms with Gasteiger partial charge >= 0.3 is 0 Å². The van der Waals surface area contributed by atoms with Gasteiger partial charge in [0, 0.05) is 5.56 Å². The molecule has 1 N–H and O–H groups in total. The molecule has 68 valence electrons. The Balaban J connectivity index is 2.95. The Morgan fingerprint density at radius 3 is 2.92 bits per heavy atom. The van der Waals surface area contributed by atoms with Crippen molar-refractivity contribution in [1.82, 2.24) is 0 Å². The van der Waals surface area contributed by atoms with Gasteiger partial charge in [0.2, 0.25) is 0 Å². The maximum absolute atomic E-state index is 13.1. The molecule has 0 radical (unpaired) electrons. The zero-order valence-electron chi connectivity index (χ0n) is 6.96. The Hall–Kier alpha value is -1.53.